The molecule has 1 aromatic rings. The van der Waals surface area contributed by atoms with Crippen molar-refractivity contribution in [3.05, 3.63) is 20.3 Å². The number of halogens is 1. The van der Waals surface area contributed by atoms with E-state index < -0.39 is 11.4 Å². The average molecular weight is 319 g/mol. The molecule has 1 N–H and O–H groups in total. The minimum Gasteiger partial charge on any atom is -0.481 e. The van der Waals surface area contributed by atoms with Crippen LogP contribution in [0.3, 0.4) is 0 Å². The first-order valence-corrected chi connectivity index (χ1v) is 6.83. The van der Waals surface area contributed by atoms with Gasteiger partial charge in [0.2, 0.25) is 0 Å². The summed E-state index contributed by atoms with van der Waals surface area (Å²) in [5, 5.41) is 8.76. The van der Waals surface area contributed by atoms with Gasteiger partial charge in [0.05, 0.1) is 15.1 Å². The molecule has 1 heterocycles. The van der Waals surface area contributed by atoms with Crippen LogP contribution in [-0.2, 0) is 4.79 Å². The maximum absolute atomic E-state index is 12.0. The normalized spacial score (nSPS) is 11.5. The number of hydrogen-bond acceptors (Lipinski definition) is 3. The quantitative estimate of drug-likeness (QED) is 0.838. The van der Waals surface area contributed by atoms with Crippen molar-refractivity contribution in [1.82, 2.24) is 0 Å². The summed E-state index contributed by atoms with van der Waals surface area (Å²) < 4.78 is 0.955. The number of carbonyl (C=O) groups is 2. The number of hydrogen-bond donors (Lipinski definition) is 1. The molecule has 1 aromatic heterocycles. The summed E-state index contributed by atoms with van der Waals surface area (Å²) in [7, 11) is 0. The van der Waals surface area contributed by atoms with Crippen LogP contribution >= 0.6 is 27.3 Å². The lowest BCUT2D eigenvalue weighted by molar-refractivity contribution is -0.139. The van der Waals surface area contributed by atoms with E-state index in [9.17, 15) is 9.59 Å². The molecule has 0 saturated heterocycles. The minimum atomic E-state index is -0.869. The topological polar surface area (TPSA) is 54.4 Å². The van der Waals surface area contributed by atoms with Crippen molar-refractivity contribution in [3.8, 4) is 0 Å². The number of rotatable bonds is 5. The maximum Gasteiger partial charge on any atom is 0.303 e. The molecule has 0 bridgehead atoms. The lowest BCUT2D eigenvalue weighted by Gasteiger charge is -2.20. The monoisotopic (exact) mass is 318 g/mol. The van der Waals surface area contributed by atoms with Crippen LogP contribution in [0, 0.1) is 12.3 Å². The Morgan fingerprint density at radius 3 is 2.41 bits per heavy atom. The maximum atomic E-state index is 12.0. The van der Waals surface area contributed by atoms with E-state index in [0.29, 0.717) is 4.88 Å². The van der Waals surface area contributed by atoms with Gasteiger partial charge in [-0.25, -0.2) is 0 Å². The van der Waals surface area contributed by atoms with E-state index in [1.54, 1.807) is 13.8 Å². The van der Waals surface area contributed by atoms with Crippen LogP contribution in [0.15, 0.2) is 9.85 Å². The average Bonchev–Trinajstić information content (AvgIpc) is 2.43. The highest BCUT2D eigenvalue weighted by atomic mass is 79.9. The van der Waals surface area contributed by atoms with Crippen LogP contribution < -0.4 is 0 Å². The Labute approximate surface area is 113 Å². The molecule has 0 aliphatic rings. The van der Waals surface area contributed by atoms with Gasteiger partial charge in [-0.2, -0.15) is 0 Å². The summed E-state index contributed by atoms with van der Waals surface area (Å²) in [5.74, 6) is -0.860. The fourth-order valence-electron chi connectivity index (χ4n) is 1.59. The Morgan fingerprint density at radius 2 is 2.00 bits per heavy atom. The van der Waals surface area contributed by atoms with E-state index in [1.807, 2.05) is 13.0 Å². The van der Waals surface area contributed by atoms with Gasteiger partial charge in [0, 0.05) is 6.42 Å². The number of aryl methyl sites for hydroxylation is 1. The van der Waals surface area contributed by atoms with Gasteiger partial charge in [0.15, 0.2) is 5.78 Å². The smallest absolute Gasteiger partial charge is 0.303 e. The standard InChI is InChI=1S/C12H15BrO3S/c1-7-4-9(17-11(7)13)8(14)5-12(2,3)6-10(15)16/h4H,5-6H2,1-3H3,(H,15,16). The zero-order valence-electron chi connectivity index (χ0n) is 10.0. The van der Waals surface area contributed by atoms with Gasteiger partial charge >= 0.3 is 5.97 Å². The van der Waals surface area contributed by atoms with Crippen molar-refractivity contribution >= 4 is 39.0 Å². The number of carbonyl (C=O) groups excluding carboxylic acids is 1. The Hall–Kier alpha value is -0.680. The number of thiophene rings is 1. The van der Waals surface area contributed by atoms with Crippen LogP contribution in [0.25, 0.3) is 0 Å². The SMILES string of the molecule is Cc1cc(C(=O)CC(C)(C)CC(=O)O)sc1Br. The molecule has 0 spiro atoms. The largest absolute Gasteiger partial charge is 0.481 e. The van der Waals surface area contributed by atoms with Crippen LogP contribution in [0.5, 0.6) is 0 Å². The molecule has 17 heavy (non-hydrogen) atoms. The van der Waals surface area contributed by atoms with Gasteiger partial charge in [-0.15, -0.1) is 11.3 Å². The number of carboxylic acid groups (broad SMARTS) is 1. The van der Waals surface area contributed by atoms with Gasteiger partial charge < -0.3 is 5.11 Å². The number of aliphatic carboxylic acids is 1. The summed E-state index contributed by atoms with van der Waals surface area (Å²) in [5.41, 5.74) is 0.530. The highest BCUT2D eigenvalue weighted by Gasteiger charge is 2.26. The summed E-state index contributed by atoms with van der Waals surface area (Å²) in [6, 6.07) is 1.84. The molecule has 0 radical (unpaired) electrons. The fraction of sp³-hybridized carbons (Fsp3) is 0.500. The highest BCUT2D eigenvalue weighted by molar-refractivity contribution is 9.11. The highest BCUT2D eigenvalue weighted by Crippen LogP contribution is 2.32. The third-order valence-corrected chi connectivity index (χ3v) is 4.58. The molecule has 0 aliphatic carbocycles. The molecule has 0 atom stereocenters. The molecule has 5 heteroatoms. The predicted molar refractivity (Wildman–Crippen MR) is 71.7 cm³/mol. The van der Waals surface area contributed by atoms with Crippen LogP contribution in [-0.4, -0.2) is 16.9 Å². The summed E-state index contributed by atoms with van der Waals surface area (Å²) in [4.78, 5) is 23.4. The molecular formula is C12H15BrO3S. The molecule has 1 rings (SSSR count). The van der Waals surface area contributed by atoms with Crippen molar-refractivity contribution in [2.75, 3.05) is 0 Å². The Balaban J connectivity index is 2.75. The lowest BCUT2D eigenvalue weighted by Crippen LogP contribution is -2.20. The van der Waals surface area contributed by atoms with Crippen LogP contribution in [0.2, 0.25) is 0 Å². The first-order valence-electron chi connectivity index (χ1n) is 5.22. The third-order valence-electron chi connectivity index (χ3n) is 2.40. The van der Waals surface area contributed by atoms with Crippen molar-refractivity contribution in [1.29, 1.82) is 0 Å². The van der Waals surface area contributed by atoms with E-state index in [0.717, 1.165) is 9.35 Å². The Kier molecular flexibility index (Phi) is 4.49. The van der Waals surface area contributed by atoms with E-state index in [-0.39, 0.29) is 18.6 Å². The molecule has 0 unspecified atom stereocenters. The Bertz CT molecular complexity index is 429. The van der Waals surface area contributed by atoms with Crippen LogP contribution in [0.1, 0.15) is 41.9 Å². The van der Waals surface area contributed by atoms with Gasteiger partial charge in [0.25, 0.3) is 0 Å². The number of Topliss-reactive ketones (excluding diaryl/α,β-unsaturated/α-hetero) is 1. The van der Waals surface area contributed by atoms with Crippen molar-refractivity contribution < 1.29 is 14.7 Å². The molecule has 0 saturated carbocycles. The van der Waals surface area contributed by atoms with Crippen LogP contribution in [0.4, 0.5) is 0 Å². The summed E-state index contributed by atoms with van der Waals surface area (Å²) in [6.07, 6.45) is 0.260. The number of carboxylic acids is 1. The van der Waals surface area contributed by atoms with Crippen molar-refractivity contribution in [2.45, 2.75) is 33.6 Å². The molecule has 3 nitrogen and oxygen atoms in total. The second kappa shape index (κ2) is 5.31. The van der Waals surface area contributed by atoms with E-state index in [1.165, 1.54) is 11.3 Å². The summed E-state index contributed by atoms with van der Waals surface area (Å²) >= 11 is 4.78. The van der Waals surface area contributed by atoms with E-state index in [2.05, 4.69) is 15.9 Å². The lowest BCUT2D eigenvalue weighted by atomic mass is 9.84. The summed E-state index contributed by atoms with van der Waals surface area (Å²) in [6.45, 7) is 5.53. The zero-order valence-corrected chi connectivity index (χ0v) is 12.4. The zero-order chi connectivity index (χ0) is 13.2. The molecule has 94 valence electrons. The molecule has 0 fully saturated rings. The van der Waals surface area contributed by atoms with E-state index in [4.69, 9.17) is 5.11 Å². The first kappa shape index (κ1) is 14.4. The van der Waals surface area contributed by atoms with Gasteiger partial charge in [-0.05, 0) is 39.9 Å². The van der Waals surface area contributed by atoms with Gasteiger partial charge in [0.1, 0.15) is 0 Å². The molecular weight excluding hydrogens is 304 g/mol. The fourth-order valence-corrected chi connectivity index (χ4v) is 3.06. The predicted octanol–water partition coefficient (Wildman–Crippen LogP) is 3.89. The van der Waals surface area contributed by atoms with Crippen molar-refractivity contribution in [2.24, 2.45) is 5.41 Å². The van der Waals surface area contributed by atoms with Crippen molar-refractivity contribution in [3.63, 3.8) is 0 Å². The van der Waals surface area contributed by atoms with Gasteiger partial charge in [-0.3, -0.25) is 9.59 Å². The second-order valence-corrected chi connectivity index (χ2v) is 7.27. The number of ketones is 1. The molecule has 0 aromatic carbocycles. The second-order valence-electron chi connectivity index (χ2n) is 4.90. The minimum absolute atomic E-state index is 0.00423. The molecule has 0 amide bonds. The third kappa shape index (κ3) is 4.24. The Morgan fingerprint density at radius 1 is 1.41 bits per heavy atom. The van der Waals surface area contributed by atoms with Gasteiger partial charge in [-0.1, -0.05) is 13.8 Å². The van der Waals surface area contributed by atoms with E-state index >= 15 is 0 Å². The first-order chi connectivity index (χ1) is 7.71. The molecule has 0 aliphatic heterocycles.